The van der Waals surface area contributed by atoms with Crippen molar-refractivity contribution < 1.29 is 23.9 Å². The van der Waals surface area contributed by atoms with Crippen LogP contribution in [0.5, 0.6) is 11.5 Å². The van der Waals surface area contributed by atoms with Crippen LogP contribution in [0.15, 0.2) is 42.5 Å². The first-order valence-corrected chi connectivity index (χ1v) is 10.7. The van der Waals surface area contributed by atoms with E-state index < -0.39 is 29.4 Å². The molecule has 8 heteroatoms. The zero-order valence-electron chi connectivity index (χ0n) is 18.6. The Balaban J connectivity index is 2.07. The molecule has 7 nitrogen and oxygen atoms in total. The van der Waals surface area contributed by atoms with E-state index in [0.717, 1.165) is 6.54 Å². The zero-order valence-corrected chi connectivity index (χ0v) is 19.4. The molecule has 170 valence electrons. The molecule has 32 heavy (non-hydrogen) atoms. The number of halogens is 1. The smallest absolute Gasteiger partial charge is 0.291 e. The van der Waals surface area contributed by atoms with Crippen LogP contribution in [0.25, 0.3) is 0 Å². The van der Waals surface area contributed by atoms with Gasteiger partial charge in [0.25, 0.3) is 5.91 Å². The summed E-state index contributed by atoms with van der Waals surface area (Å²) in [4.78, 5) is 43.0. The summed E-state index contributed by atoms with van der Waals surface area (Å²) >= 11 is 5.95. The Morgan fingerprint density at radius 1 is 1.06 bits per heavy atom. The number of ether oxygens (including phenoxy) is 2. The van der Waals surface area contributed by atoms with Gasteiger partial charge in [0.05, 0.1) is 20.3 Å². The van der Waals surface area contributed by atoms with Crippen molar-refractivity contribution in [3.63, 3.8) is 0 Å². The van der Waals surface area contributed by atoms with E-state index in [4.69, 9.17) is 21.1 Å². The van der Waals surface area contributed by atoms with Gasteiger partial charge in [0.2, 0.25) is 5.78 Å². The van der Waals surface area contributed by atoms with Gasteiger partial charge >= 0.3 is 0 Å². The topological polar surface area (TPSA) is 76.2 Å². The molecular weight excluding hydrogens is 432 g/mol. The van der Waals surface area contributed by atoms with Crippen LogP contribution in [-0.2, 0) is 9.59 Å². The maximum absolute atomic E-state index is 13.4. The lowest BCUT2D eigenvalue weighted by Crippen LogP contribution is -2.33. The Morgan fingerprint density at radius 2 is 1.75 bits per heavy atom. The van der Waals surface area contributed by atoms with Crippen molar-refractivity contribution >= 4 is 29.1 Å². The molecule has 0 aromatic heterocycles. The summed E-state index contributed by atoms with van der Waals surface area (Å²) in [6, 6.07) is 10.7. The molecular formula is C24H27ClN2O5. The number of ketones is 2. The second-order valence-electron chi connectivity index (χ2n) is 7.92. The van der Waals surface area contributed by atoms with Gasteiger partial charge in [-0.05, 0) is 63.5 Å². The minimum atomic E-state index is -1.18. The Hall–Kier alpha value is -2.90. The third-order valence-electron chi connectivity index (χ3n) is 5.58. The number of hydrogen-bond donors (Lipinski definition) is 0. The van der Waals surface area contributed by atoms with E-state index in [-0.39, 0.29) is 0 Å². The van der Waals surface area contributed by atoms with Gasteiger partial charge in [-0.25, -0.2) is 0 Å². The largest absolute Gasteiger partial charge is 0.497 e. The van der Waals surface area contributed by atoms with Gasteiger partial charge in [-0.2, -0.15) is 0 Å². The predicted molar refractivity (Wildman–Crippen MR) is 121 cm³/mol. The van der Waals surface area contributed by atoms with Crippen molar-refractivity contribution in [2.45, 2.75) is 12.5 Å². The Labute approximate surface area is 192 Å². The fourth-order valence-corrected chi connectivity index (χ4v) is 4.11. The van der Waals surface area contributed by atoms with Crippen molar-refractivity contribution in [2.75, 3.05) is 41.4 Å². The van der Waals surface area contributed by atoms with Crippen LogP contribution in [0.2, 0.25) is 5.02 Å². The van der Waals surface area contributed by atoms with Crippen molar-refractivity contribution in [3.8, 4) is 11.5 Å². The molecule has 0 aliphatic carbocycles. The number of nitrogens with zero attached hydrogens (tertiary/aromatic N) is 2. The number of amides is 1. The van der Waals surface area contributed by atoms with Crippen LogP contribution >= 0.6 is 11.6 Å². The lowest BCUT2D eigenvalue weighted by molar-refractivity contribution is -0.140. The van der Waals surface area contributed by atoms with Crippen LogP contribution in [0, 0.1) is 5.92 Å². The van der Waals surface area contributed by atoms with Crippen LogP contribution in [0.4, 0.5) is 0 Å². The van der Waals surface area contributed by atoms with Crippen LogP contribution in [-0.4, -0.2) is 68.7 Å². The third-order valence-corrected chi connectivity index (χ3v) is 5.83. The Bertz CT molecular complexity index is 1010. The monoisotopic (exact) mass is 458 g/mol. The highest BCUT2D eigenvalue weighted by atomic mass is 35.5. The molecule has 0 radical (unpaired) electrons. The number of carbonyl (C=O) groups is 3. The van der Waals surface area contributed by atoms with Crippen LogP contribution in [0.3, 0.4) is 0 Å². The predicted octanol–water partition coefficient (Wildman–Crippen LogP) is 3.26. The maximum atomic E-state index is 13.4. The number of rotatable bonds is 9. The van der Waals surface area contributed by atoms with Crippen molar-refractivity contribution in [1.82, 2.24) is 9.80 Å². The highest BCUT2D eigenvalue weighted by molar-refractivity contribution is 6.44. The standard InChI is InChI=1S/C24H27ClN2O5/c1-26(2)12-5-13-27-21(18-11-10-17(31-3)14-19(18)32-4)20(23(29)24(27)30)22(28)15-6-8-16(25)9-7-15/h6-11,14,20-21H,5,12-13H2,1-4H3. The van der Waals surface area contributed by atoms with Crippen molar-refractivity contribution in [1.29, 1.82) is 0 Å². The molecule has 0 N–H and O–H groups in total. The highest BCUT2D eigenvalue weighted by Gasteiger charge is 2.52. The zero-order chi connectivity index (χ0) is 23.4. The summed E-state index contributed by atoms with van der Waals surface area (Å²) in [5.41, 5.74) is 0.915. The third kappa shape index (κ3) is 4.79. The molecule has 1 fully saturated rings. The van der Waals surface area contributed by atoms with Crippen molar-refractivity contribution in [2.24, 2.45) is 5.92 Å². The minimum Gasteiger partial charge on any atom is -0.497 e. The normalized spacial score (nSPS) is 18.4. The summed E-state index contributed by atoms with van der Waals surface area (Å²) in [6.45, 7) is 1.08. The highest BCUT2D eigenvalue weighted by Crippen LogP contribution is 2.43. The molecule has 0 spiro atoms. The molecule has 0 bridgehead atoms. The Morgan fingerprint density at radius 3 is 2.34 bits per heavy atom. The molecule has 1 heterocycles. The number of Topliss-reactive ketones (excluding diaryl/α,β-unsaturated/α-hetero) is 2. The quantitative estimate of drug-likeness (QED) is 0.326. The fraction of sp³-hybridized carbons (Fsp3) is 0.375. The molecule has 3 rings (SSSR count). The second kappa shape index (κ2) is 10.1. The fourth-order valence-electron chi connectivity index (χ4n) is 3.99. The summed E-state index contributed by atoms with van der Waals surface area (Å²) in [6.07, 6.45) is 0.656. The van der Waals surface area contributed by atoms with Crippen molar-refractivity contribution in [3.05, 3.63) is 58.6 Å². The lowest BCUT2D eigenvalue weighted by atomic mass is 9.86. The second-order valence-corrected chi connectivity index (χ2v) is 8.36. The maximum Gasteiger partial charge on any atom is 0.291 e. The van der Waals surface area contributed by atoms with Gasteiger partial charge in [0.1, 0.15) is 17.4 Å². The SMILES string of the molecule is COc1ccc(C2C(C(=O)c3ccc(Cl)cc3)C(=O)C(=O)N2CCCN(C)C)c(OC)c1. The van der Waals surface area contributed by atoms with E-state index >= 15 is 0 Å². The Kier molecular flexibility index (Phi) is 7.53. The summed E-state index contributed by atoms with van der Waals surface area (Å²) in [7, 11) is 6.92. The van der Waals surface area contributed by atoms with Gasteiger partial charge < -0.3 is 19.3 Å². The van der Waals surface area contributed by atoms with Gasteiger partial charge in [-0.15, -0.1) is 0 Å². The average molecular weight is 459 g/mol. The lowest BCUT2D eigenvalue weighted by Gasteiger charge is -2.29. The first-order valence-electron chi connectivity index (χ1n) is 10.3. The molecule has 1 aliphatic rings. The molecule has 1 saturated heterocycles. The summed E-state index contributed by atoms with van der Waals surface area (Å²) in [5.74, 6) is -1.94. The summed E-state index contributed by atoms with van der Waals surface area (Å²) in [5, 5.41) is 0.481. The van der Waals surface area contributed by atoms with E-state index in [1.807, 2.05) is 19.0 Å². The van der Waals surface area contributed by atoms with E-state index in [2.05, 4.69) is 0 Å². The molecule has 0 saturated carbocycles. The summed E-state index contributed by atoms with van der Waals surface area (Å²) < 4.78 is 10.8. The van der Waals surface area contributed by atoms with Gasteiger partial charge in [-0.3, -0.25) is 14.4 Å². The van der Waals surface area contributed by atoms with Crippen LogP contribution < -0.4 is 9.47 Å². The number of hydrogen-bond acceptors (Lipinski definition) is 6. The molecule has 2 aromatic rings. The van der Waals surface area contributed by atoms with Gasteiger partial charge in [-0.1, -0.05) is 11.6 Å². The van der Waals surface area contributed by atoms with Crippen LogP contribution in [0.1, 0.15) is 28.4 Å². The van der Waals surface area contributed by atoms with E-state index in [0.29, 0.717) is 40.6 Å². The number of carbonyl (C=O) groups excluding carboxylic acids is 3. The van der Waals surface area contributed by atoms with E-state index in [1.54, 1.807) is 42.5 Å². The van der Waals surface area contributed by atoms with E-state index in [9.17, 15) is 14.4 Å². The molecule has 1 amide bonds. The molecule has 2 unspecified atom stereocenters. The first kappa shape index (κ1) is 23.8. The van der Waals surface area contributed by atoms with E-state index in [1.165, 1.54) is 19.1 Å². The molecule has 2 atom stereocenters. The van der Waals surface area contributed by atoms with Gasteiger partial charge in [0, 0.05) is 28.8 Å². The molecule has 1 aliphatic heterocycles. The first-order chi connectivity index (χ1) is 15.3. The number of benzene rings is 2. The number of methoxy groups -OCH3 is 2. The average Bonchev–Trinajstić information content (AvgIpc) is 3.03. The minimum absolute atomic E-state index is 0.327. The molecule has 2 aromatic carbocycles. The number of likely N-dealkylation sites (tertiary alicyclic amines) is 1. The van der Waals surface area contributed by atoms with Gasteiger partial charge in [0.15, 0.2) is 5.78 Å².